The molecule has 17 heavy (non-hydrogen) atoms. The first kappa shape index (κ1) is 12.0. The van der Waals surface area contributed by atoms with Crippen LogP contribution in [0.5, 0.6) is 0 Å². The third-order valence-electron chi connectivity index (χ3n) is 2.65. The number of carboxylic acid groups (broad SMARTS) is 1. The van der Waals surface area contributed by atoms with Crippen LogP contribution < -0.4 is 5.32 Å². The van der Waals surface area contributed by atoms with E-state index in [-0.39, 0.29) is 11.8 Å². The van der Waals surface area contributed by atoms with Crippen LogP contribution in [0, 0.1) is 0 Å². The smallest absolute Gasteiger partial charge is 0.450 e. The molecule has 0 aromatic rings. The monoisotopic (exact) mass is 260 g/mol. The molecular formula is C9H12N2O5S. The molecule has 0 spiro atoms. The average Bonchev–Trinajstić information content (AvgIpc) is 2.85. The molecule has 0 bridgehead atoms. The van der Waals surface area contributed by atoms with Crippen LogP contribution in [0.4, 0.5) is 4.79 Å². The van der Waals surface area contributed by atoms with E-state index in [1.807, 2.05) is 0 Å². The van der Waals surface area contributed by atoms with Gasteiger partial charge in [-0.15, -0.1) is 11.8 Å². The molecule has 7 nitrogen and oxygen atoms in total. The molecule has 2 heterocycles. The zero-order valence-corrected chi connectivity index (χ0v) is 9.74. The van der Waals surface area contributed by atoms with E-state index in [2.05, 4.69) is 10.1 Å². The van der Waals surface area contributed by atoms with Crippen molar-refractivity contribution in [2.24, 2.45) is 0 Å². The summed E-state index contributed by atoms with van der Waals surface area (Å²) in [6.45, 7) is 0. The van der Waals surface area contributed by atoms with Gasteiger partial charge in [-0.3, -0.25) is 14.5 Å². The molecule has 2 fully saturated rings. The molecule has 2 aliphatic heterocycles. The van der Waals surface area contributed by atoms with Crippen molar-refractivity contribution in [2.75, 3.05) is 11.6 Å². The molecule has 0 aromatic carbocycles. The Morgan fingerprint density at radius 3 is 2.88 bits per heavy atom. The minimum atomic E-state index is -1.40. The molecular weight excluding hydrogens is 248 g/mol. The lowest BCUT2D eigenvalue weighted by molar-refractivity contribution is -0.141. The van der Waals surface area contributed by atoms with Crippen molar-refractivity contribution in [3.63, 3.8) is 0 Å². The summed E-state index contributed by atoms with van der Waals surface area (Å²) in [6, 6.07) is -0.541. The van der Waals surface area contributed by atoms with Gasteiger partial charge in [0, 0.05) is 6.42 Å². The molecule has 2 N–H and O–H groups in total. The van der Waals surface area contributed by atoms with Gasteiger partial charge < -0.3 is 15.2 Å². The maximum atomic E-state index is 12.0. The predicted molar refractivity (Wildman–Crippen MR) is 58.2 cm³/mol. The maximum absolute atomic E-state index is 12.0. The van der Waals surface area contributed by atoms with Gasteiger partial charge in [-0.1, -0.05) is 0 Å². The van der Waals surface area contributed by atoms with Crippen LogP contribution in [0.3, 0.4) is 0 Å². The predicted octanol–water partition coefficient (Wildman–Crippen LogP) is -0.181. The fourth-order valence-electron chi connectivity index (χ4n) is 1.84. The minimum Gasteiger partial charge on any atom is -0.450 e. The van der Waals surface area contributed by atoms with Crippen LogP contribution in [-0.2, 0) is 14.3 Å². The fourth-order valence-corrected chi connectivity index (χ4v) is 2.89. The molecule has 2 aliphatic rings. The van der Waals surface area contributed by atoms with Gasteiger partial charge in [0.1, 0.15) is 6.04 Å². The number of rotatable bonds is 2. The zero-order valence-electron chi connectivity index (χ0n) is 8.92. The van der Waals surface area contributed by atoms with Crippen molar-refractivity contribution in [3.8, 4) is 0 Å². The molecule has 0 aliphatic carbocycles. The summed E-state index contributed by atoms with van der Waals surface area (Å²) < 4.78 is 4.62. The topological polar surface area (TPSA) is 95.9 Å². The van der Waals surface area contributed by atoms with Crippen molar-refractivity contribution >= 4 is 29.7 Å². The highest BCUT2D eigenvalue weighted by Gasteiger charge is 2.38. The molecule has 2 atom stereocenters. The SMILES string of the molecule is O=C1CC[C@@H](C(=O)N2CSCC2OC(=O)O)N1. The highest BCUT2D eigenvalue weighted by molar-refractivity contribution is 7.99. The molecule has 2 amide bonds. The normalized spacial score (nSPS) is 28.0. The molecule has 2 saturated heterocycles. The number of amides is 2. The summed E-state index contributed by atoms with van der Waals surface area (Å²) >= 11 is 1.42. The molecule has 2 rings (SSSR count). The van der Waals surface area contributed by atoms with Crippen LogP contribution in [0.1, 0.15) is 12.8 Å². The molecule has 0 saturated carbocycles. The number of hydrogen-bond donors (Lipinski definition) is 2. The first-order valence-corrected chi connectivity index (χ1v) is 6.30. The van der Waals surface area contributed by atoms with Crippen molar-refractivity contribution in [2.45, 2.75) is 25.1 Å². The lowest BCUT2D eigenvalue weighted by atomic mass is 10.2. The fraction of sp³-hybridized carbons (Fsp3) is 0.667. The van der Waals surface area contributed by atoms with Gasteiger partial charge >= 0.3 is 6.16 Å². The molecule has 8 heteroatoms. The van der Waals surface area contributed by atoms with Crippen molar-refractivity contribution in [1.82, 2.24) is 10.2 Å². The number of nitrogens with zero attached hydrogens (tertiary/aromatic N) is 1. The summed E-state index contributed by atoms with van der Waals surface area (Å²) in [5.74, 6) is 0.403. The van der Waals surface area contributed by atoms with E-state index in [1.165, 1.54) is 16.7 Å². The number of hydrogen-bond acceptors (Lipinski definition) is 5. The minimum absolute atomic E-state index is 0.147. The second kappa shape index (κ2) is 4.82. The summed E-state index contributed by atoms with van der Waals surface area (Å²) in [5.41, 5.74) is 0. The quantitative estimate of drug-likeness (QED) is 0.669. The Morgan fingerprint density at radius 1 is 1.53 bits per heavy atom. The number of ether oxygens (including phenoxy) is 1. The third kappa shape index (κ3) is 2.63. The summed E-state index contributed by atoms with van der Waals surface area (Å²) in [6.07, 6.45) is -1.35. The number of nitrogens with one attached hydrogen (secondary N) is 1. The first-order valence-electron chi connectivity index (χ1n) is 5.15. The summed E-state index contributed by atoms with van der Waals surface area (Å²) in [7, 11) is 0. The van der Waals surface area contributed by atoms with Crippen LogP contribution >= 0.6 is 11.8 Å². The molecule has 1 unspecified atom stereocenters. The van der Waals surface area contributed by atoms with Gasteiger partial charge in [0.15, 0.2) is 6.23 Å². The lowest BCUT2D eigenvalue weighted by Crippen LogP contribution is -2.48. The largest absolute Gasteiger partial charge is 0.507 e. The van der Waals surface area contributed by atoms with E-state index in [1.54, 1.807) is 0 Å². The Morgan fingerprint density at radius 2 is 2.29 bits per heavy atom. The Kier molecular flexibility index (Phi) is 3.41. The number of carbonyl (C=O) groups excluding carboxylic acids is 2. The molecule has 0 aromatic heterocycles. The Balaban J connectivity index is 1.98. The van der Waals surface area contributed by atoms with Crippen molar-refractivity contribution < 1.29 is 24.2 Å². The zero-order chi connectivity index (χ0) is 12.4. The Labute approximate surface area is 101 Å². The standard InChI is InChI=1S/C9H12N2O5S/c12-6-2-1-5(10-6)8(13)11-4-17-3-7(11)16-9(14)15/h5,7H,1-4H2,(H,10,12)(H,14,15)/t5-,7?/m0/s1. The second-order valence-corrected chi connectivity index (χ2v) is 4.80. The third-order valence-corrected chi connectivity index (χ3v) is 3.63. The van der Waals surface area contributed by atoms with Gasteiger partial charge in [-0.05, 0) is 6.42 Å². The van der Waals surface area contributed by atoms with Gasteiger partial charge in [0.25, 0.3) is 0 Å². The maximum Gasteiger partial charge on any atom is 0.507 e. The molecule has 94 valence electrons. The Bertz CT molecular complexity index is 361. The van der Waals surface area contributed by atoms with Crippen molar-refractivity contribution in [3.05, 3.63) is 0 Å². The van der Waals surface area contributed by atoms with Gasteiger partial charge in [-0.25, -0.2) is 4.79 Å². The van der Waals surface area contributed by atoms with E-state index in [9.17, 15) is 14.4 Å². The van der Waals surface area contributed by atoms with E-state index in [0.717, 1.165) is 0 Å². The second-order valence-electron chi connectivity index (χ2n) is 3.81. The van der Waals surface area contributed by atoms with Crippen LogP contribution in [-0.4, -0.2) is 51.9 Å². The highest BCUT2D eigenvalue weighted by Crippen LogP contribution is 2.24. The van der Waals surface area contributed by atoms with Gasteiger partial charge in [0.05, 0.1) is 11.6 Å². The van der Waals surface area contributed by atoms with Gasteiger partial charge in [-0.2, -0.15) is 0 Å². The van der Waals surface area contributed by atoms with E-state index >= 15 is 0 Å². The number of carbonyl (C=O) groups is 3. The van der Waals surface area contributed by atoms with Crippen LogP contribution in [0.25, 0.3) is 0 Å². The lowest BCUT2D eigenvalue weighted by Gasteiger charge is -2.24. The number of thioether (sulfide) groups is 1. The molecule has 0 radical (unpaired) electrons. The van der Waals surface area contributed by atoms with E-state index in [4.69, 9.17) is 5.11 Å². The van der Waals surface area contributed by atoms with Gasteiger partial charge in [0.2, 0.25) is 11.8 Å². The van der Waals surface area contributed by atoms with E-state index in [0.29, 0.717) is 24.5 Å². The summed E-state index contributed by atoms with van der Waals surface area (Å²) in [4.78, 5) is 34.8. The Hall–Kier alpha value is -1.44. The van der Waals surface area contributed by atoms with Crippen molar-refractivity contribution in [1.29, 1.82) is 0 Å². The van der Waals surface area contributed by atoms with Crippen LogP contribution in [0.2, 0.25) is 0 Å². The van der Waals surface area contributed by atoms with E-state index < -0.39 is 18.4 Å². The first-order chi connectivity index (χ1) is 8.08. The summed E-state index contributed by atoms with van der Waals surface area (Å²) in [5, 5.41) is 11.1. The highest BCUT2D eigenvalue weighted by atomic mass is 32.2. The average molecular weight is 260 g/mol. The van der Waals surface area contributed by atoms with Crippen LogP contribution in [0.15, 0.2) is 0 Å².